The number of allylic oxidation sites excluding steroid dienone is 5. The normalized spacial score (nSPS) is 15.4. The average molecular weight is 313 g/mol. The molecule has 2 heteroatoms. The smallest absolute Gasteiger partial charge is 0.114 e. The molecule has 124 valence electrons. The minimum Gasteiger partial charge on any atom is -0.399 e. The Labute approximate surface area is 140 Å². The fourth-order valence-electron chi connectivity index (χ4n) is 2.22. The third kappa shape index (κ3) is 4.95. The predicted octanol–water partition coefficient (Wildman–Crippen LogP) is 5.60. The molecule has 0 fully saturated rings. The first kappa shape index (κ1) is 19.0. The first-order valence-electron chi connectivity index (χ1n) is 7.83. The van der Waals surface area contributed by atoms with E-state index >= 15 is 0 Å². The van der Waals surface area contributed by atoms with Crippen molar-refractivity contribution < 1.29 is 4.39 Å². The van der Waals surface area contributed by atoms with Gasteiger partial charge in [0.25, 0.3) is 0 Å². The van der Waals surface area contributed by atoms with Gasteiger partial charge in [0.05, 0.1) is 0 Å². The second-order valence-electron chi connectivity index (χ2n) is 6.62. The first-order valence-corrected chi connectivity index (χ1v) is 7.83. The van der Waals surface area contributed by atoms with Crippen LogP contribution >= 0.6 is 0 Å². The van der Waals surface area contributed by atoms with E-state index in [0.29, 0.717) is 12.1 Å². The van der Waals surface area contributed by atoms with E-state index in [0.717, 1.165) is 16.7 Å². The lowest BCUT2D eigenvalue weighted by Crippen LogP contribution is -2.37. The van der Waals surface area contributed by atoms with Gasteiger partial charge in [-0.05, 0) is 50.0 Å². The molecule has 1 unspecified atom stereocenters. The Morgan fingerprint density at radius 2 is 1.91 bits per heavy atom. The van der Waals surface area contributed by atoms with E-state index in [1.165, 1.54) is 0 Å². The molecule has 0 amide bonds. The number of benzene rings is 1. The Morgan fingerprint density at radius 1 is 1.26 bits per heavy atom. The summed E-state index contributed by atoms with van der Waals surface area (Å²) in [6, 6.07) is 8.02. The Hall–Kier alpha value is -2.09. The van der Waals surface area contributed by atoms with E-state index < -0.39 is 11.1 Å². The second kappa shape index (κ2) is 7.45. The lowest BCUT2D eigenvalue weighted by molar-refractivity contribution is 0.0772. The summed E-state index contributed by atoms with van der Waals surface area (Å²) in [6.45, 7) is 14.9. The van der Waals surface area contributed by atoms with Crippen molar-refractivity contribution in [2.45, 2.75) is 39.8 Å². The number of alkyl halides is 1. The summed E-state index contributed by atoms with van der Waals surface area (Å²) in [4.78, 5) is 0. The molecule has 0 aliphatic rings. The molecule has 0 radical (unpaired) electrons. The summed E-state index contributed by atoms with van der Waals surface area (Å²) < 4.78 is 14.5. The van der Waals surface area contributed by atoms with Crippen LogP contribution in [0.15, 0.2) is 67.4 Å². The zero-order valence-corrected chi connectivity index (χ0v) is 14.7. The van der Waals surface area contributed by atoms with Crippen LogP contribution in [0.4, 0.5) is 4.39 Å². The van der Waals surface area contributed by atoms with Crippen LogP contribution in [0.5, 0.6) is 0 Å². The first-order chi connectivity index (χ1) is 10.6. The maximum Gasteiger partial charge on any atom is 0.114 e. The average Bonchev–Trinajstić information content (AvgIpc) is 2.51. The largest absolute Gasteiger partial charge is 0.399 e. The van der Waals surface area contributed by atoms with Crippen molar-refractivity contribution in [2.24, 2.45) is 11.1 Å². The van der Waals surface area contributed by atoms with Crippen molar-refractivity contribution >= 4 is 5.57 Å². The van der Waals surface area contributed by atoms with Crippen molar-refractivity contribution in [2.75, 3.05) is 0 Å². The molecule has 23 heavy (non-hydrogen) atoms. The van der Waals surface area contributed by atoms with Gasteiger partial charge in [0.2, 0.25) is 0 Å². The van der Waals surface area contributed by atoms with Crippen molar-refractivity contribution in [3.05, 3.63) is 78.6 Å². The summed E-state index contributed by atoms with van der Waals surface area (Å²) in [6.07, 6.45) is 7.84. The molecule has 1 nitrogen and oxygen atoms in total. The Kier molecular flexibility index (Phi) is 6.14. The van der Waals surface area contributed by atoms with E-state index in [-0.39, 0.29) is 0 Å². The molecule has 2 N–H and O–H groups in total. The minimum atomic E-state index is -1.35. The molecule has 0 saturated heterocycles. The van der Waals surface area contributed by atoms with E-state index in [4.69, 9.17) is 5.73 Å². The molecule has 0 aromatic heterocycles. The zero-order chi connectivity index (χ0) is 17.7. The van der Waals surface area contributed by atoms with Crippen LogP contribution in [0.25, 0.3) is 5.57 Å². The molecular formula is C21H28FN. The van der Waals surface area contributed by atoms with Gasteiger partial charge in [-0.15, -0.1) is 6.58 Å². The number of hydrogen-bond acceptors (Lipinski definition) is 1. The fourth-order valence-corrected chi connectivity index (χ4v) is 2.22. The van der Waals surface area contributed by atoms with Gasteiger partial charge < -0.3 is 5.73 Å². The van der Waals surface area contributed by atoms with Gasteiger partial charge in [0.15, 0.2) is 0 Å². The Morgan fingerprint density at radius 3 is 2.43 bits per heavy atom. The number of rotatable bonds is 7. The molecule has 1 aromatic carbocycles. The molecule has 0 aliphatic heterocycles. The van der Waals surface area contributed by atoms with E-state index in [1.807, 2.05) is 56.3 Å². The summed E-state index contributed by atoms with van der Waals surface area (Å²) in [7, 11) is 0. The van der Waals surface area contributed by atoms with Crippen LogP contribution in [0.2, 0.25) is 0 Å². The Bertz CT molecular complexity index is 631. The van der Waals surface area contributed by atoms with Crippen LogP contribution < -0.4 is 5.73 Å². The molecule has 0 heterocycles. The van der Waals surface area contributed by atoms with Gasteiger partial charge in [-0.2, -0.15) is 0 Å². The summed E-state index contributed by atoms with van der Waals surface area (Å²) >= 11 is 0. The maximum absolute atomic E-state index is 14.5. The molecule has 1 atom stereocenters. The Balaban J connectivity index is 3.04. The van der Waals surface area contributed by atoms with Crippen molar-refractivity contribution in [1.29, 1.82) is 0 Å². The van der Waals surface area contributed by atoms with Crippen molar-refractivity contribution in [3.63, 3.8) is 0 Å². The van der Waals surface area contributed by atoms with Gasteiger partial charge in [-0.25, -0.2) is 4.39 Å². The van der Waals surface area contributed by atoms with Gasteiger partial charge in [-0.3, -0.25) is 0 Å². The van der Waals surface area contributed by atoms with Crippen LogP contribution in [-0.4, -0.2) is 5.67 Å². The van der Waals surface area contributed by atoms with Crippen LogP contribution in [-0.2, 0) is 6.42 Å². The van der Waals surface area contributed by atoms with Gasteiger partial charge in [0.1, 0.15) is 5.67 Å². The maximum atomic E-state index is 14.5. The highest BCUT2D eigenvalue weighted by atomic mass is 19.1. The highest BCUT2D eigenvalue weighted by molar-refractivity contribution is 5.72. The second-order valence-corrected chi connectivity index (χ2v) is 6.62. The van der Waals surface area contributed by atoms with Crippen LogP contribution in [0.3, 0.4) is 0 Å². The van der Waals surface area contributed by atoms with Crippen LogP contribution in [0.1, 0.15) is 38.8 Å². The topological polar surface area (TPSA) is 26.0 Å². The van der Waals surface area contributed by atoms with Gasteiger partial charge in [-0.1, -0.05) is 56.0 Å². The zero-order valence-electron chi connectivity index (χ0n) is 14.7. The quantitative estimate of drug-likeness (QED) is 0.514. The predicted molar refractivity (Wildman–Crippen MR) is 99.8 cm³/mol. The van der Waals surface area contributed by atoms with Gasteiger partial charge in [0, 0.05) is 11.1 Å². The molecule has 1 rings (SSSR count). The molecule has 0 bridgehead atoms. The van der Waals surface area contributed by atoms with Crippen LogP contribution in [0, 0.1) is 5.41 Å². The van der Waals surface area contributed by atoms with E-state index in [9.17, 15) is 4.39 Å². The number of halogens is 1. The third-order valence-electron chi connectivity index (χ3n) is 4.49. The molecule has 0 spiro atoms. The summed E-state index contributed by atoms with van der Waals surface area (Å²) in [5.41, 5.74) is 7.42. The monoisotopic (exact) mass is 313 g/mol. The number of hydrogen-bond donors (Lipinski definition) is 1. The third-order valence-corrected chi connectivity index (χ3v) is 4.49. The molecule has 0 aliphatic carbocycles. The SMILES string of the molecule is C=CC(C)(Cc1cccc(C(=C)/C=C\C(N)=C\C)c1)C(C)(C)F. The fraction of sp³-hybridized carbons (Fsp3) is 0.333. The minimum absolute atomic E-state index is 0.585. The molecule has 0 saturated carbocycles. The standard InChI is InChI=1S/C21H28FN/c1-7-19(23)13-12-16(3)18-11-9-10-17(14-18)15-21(6,8-2)20(4,5)22/h7-14H,2-3,15,23H2,1,4-6H3/b13-12-,19-7-. The molecule has 1 aromatic rings. The van der Waals surface area contributed by atoms with E-state index in [1.54, 1.807) is 19.9 Å². The highest BCUT2D eigenvalue weighted by Gasteiger charge is 2.38. The highest BCUT2D eigenvalue weighted by Crippen LogP contribution is 2.39. The number of nitrogens with two attached hydrogens (primary N) is 1. The van der Waals surface area contributed by atoms with Crippen molar-refractivity contribution in [3.8, 4) is 0 Å². The summed E-state index contributed by atoms with van der Waals surface area (Å²) in [5.74, 6) is 0. The van der Waals surface area contributed by atoms with Gasteiger partial charge >= 0.3 is 0 Å². The molecular weight excluding hydrogens is 285 g/mol. The summed E-state index contributed by atoms with van der Waals surface area (Å²) in [5, 5.41) is 0. The van der Waals surface area contributed by atoms with Crippen molar-refractivity contribution in [1.82, 2.24) is 0 Å². The van der Waals surface area contributed by atoms with E-state index in [2.05, 4.69) is 13.2 Å². The lowest BCUT2D eigenvalue weighted by Gasteiger charge is -2.36. The lowest BCUT2D eigenvalue weighted by atomic mass is 9.72.